The van der Waals surface area contributed by atoms with E-state index in [4.69, 9.17) is 20.4 Å². The highest BCUT2D eigenvalue weighted by molar-refractivity contribution is 5.87. The average molecular weight is 186 g/mol. The van der Waals surface area contributed by atoms with E-state index >= 15 is 0 Å². The van der Waals surface area contributed by atoms with Crippen LogP contribution in [0.25, 0.3) is 0 Å². The molecule has 0 heterocycles. The van der Waals surface area contributed by atoms with Crippen LogP contribution < -0.4 is 0 Å². The van der Waals surface area contributed by atoms with Crippen LogP contribution in [-0.2, 0) is 9.59 Å². The van der Waals surface area contributed by atoms with Crippen molar-refractivity contribution in [2.24, 2.45) is 0 Å². The van der Waals surface area contributed by atoms with Gasteiger partial charge in [0.25, 0.3) is 0 Å². The molecular formula is C4H4F2O6. The number of halogens is 2. The van der Waals surface area contributed by atoms with E-state index < -0.39 is 23.6 Å². The molecule has 12 heavy (non-hydrogen) atoms. The van der Waals surface area contributed by atoms with Gasteiger partial charge in [0.05, 0.1) is 0 Å². The Bertz CT molecular complexity index is 198. The first-order chi connectivity index (χ1) is 5.14. The predicted molar refractivity (Wildman–Crippen MR) is 27.4 cm³/mol. The first-order valence-corrected chi connectivity index (χ1v) is 2.43. The Morgan fingerprint density at radius 3 is 1.42 bits per heavy atom. The molecule has 6 nitrogen and oxygen atoms in total. The minimum absolute atomic E-state index is 2.74. The fourth-order valence-corrected chi connectivity index (χ4v) is 0.283. The molecule has 0 saturated carbocycles. The van der Waals surface area contributed by atoms with Crippen LogP contribution in [0, 0.1) is 0 Å². The Morgan fingerprint density at radius 1 is 1.00 bits per heavy atom. The SMILES string of the molecule is O=C(O)C(O)(O)C(F)(F)C(=O)O. The van der Waals surface area contributed by atoms with Gasteiger partial charge in [0.2, 0.25) is 0 Å². The van der Waals surface area contributed by atoms with E-state index in [9.17, 15) is 18.4 Å². The molecule has 0 fully saturated rings. The van der Waals surface area contributed by atoms with Gasteiger partial charge in [0, 0.05) is 0 Å². The van der Waals surface area contributed by atoms with Crippen molar-refractivity contribution in [1.82, 2.24) is 0 Å². The van der Waals surface area contributed by atoms with E-state index in [0.29, 0.717) is 0 Å². The van der Waals surface area contributed by atoms with Crippen LogP contribution >= 0.6 is 0 Å². The van der Waals surface area contributed by atoms with Gasteiger partial charge in [0.15, 0.2) is 0 Å². The van der Waals surface area contributed by atoms with Crippen molar-refractivity contribution < 1.29 is 38.8 Å². The molecule has 70 valence electrons. The smallest absolute Gasteiger partial charge is 0.406 e. The Hall–Kier alpha value is -1.28. The largest absolute Gasteiger partial charge is 0.477 e. The second-order valence-corrected chi connectivity index (χ2v) is 1.86. The zero-order valence-corrected chi connectivity index (χ0v) is 5.36. The summed E-state index contributed by atoms with van der Waals surface area (Å²) in [5, 5.41) is 31.7. The van der Waals surface area contributed by atoms with Crippen LogP contribution in [0.2, 0.25) is 0 Å². The Kier molecular flexibility index (Phi) is 2.36. The molecule has 0 unspecified atom stereocenters. The maximum absolute atomic E-state index is 12.1. The van der Waals surface area contributed by atoms with E-state index in [-0.39, 0.29) is 0 Å². The standard InChI is InChI=1S/C4H4F2O6/c5-3(6,1(7)8)4(11,12)2(9)10/h11-12H,(H,7,8)(H,9,10). The minimum atomic E-state index is -5.15. The molecule has 8 heteroatoms. The third-order valence-electron chi connectivity index (χ3n) is 1.00. The molecule has 0 aliphatic heterocycles. The summed E-state index contributed by atoms with van der Waals surface area (Å²) in [5.74, 6) is -15.4. The summed E-state index contributed by atoms with van der Waals surface area (Å²) in [6.07, 6.45) is 0. The monoisotopic (exact) mass is 186 g/mol. The number of aliphatic carboxylic acids is 2. The molecule has 4 N–H and O–H groups in total. The van der Waals surface area contributed by atoms with Gasteiger partial charge >= 0.3 is 23.6 Å². The van der Waals surface area contributed by atoms with Crippen molar-refractivity contribution in [3.05, 3.63) is 0 Å². The van der Waals surface area contributed by atoms with Gasteiger partial charge in [0.1, 0.15) is 0 Å². The first-order valence-electron chi connectivity index (χ1n) is 2.43. The summed E-state index contributed by atoms with van der Waals surface area (Å²) in [6, 6.07) is 0. The van der Waals surface area contributed by atoms with Gasteiger partial charge in [-0.3, -0.25) is 0 Å². The zero-order valence-electron chi connectivity index (χ0n) is 5.36. The summed E-state index contributed by atoms with van der Waals surface area (Å²) in [5.41, 5.74) is 0. The van der Waals surface area contributed by atoms with E-state index in [1.165, 1.54) is 0 Å². The minimum Gasteiger partial charge on any atom is -0.477 e. The number of aliphatic hydroxyl groups is 2. The zero-order chi connectivity index (χ0) is 10.2. The lowest BCUT2D eigenvalue weighted by Crippen LogP contribution is -2.58. The van der Waals surface area contributed by atoms with Gasteiger partial charge in [-0.15, -0.1) is 0 Å². The van der Waals surface area contributed by atoms with E-state index in [2.05, 4.69) is 0 Å². The molecule has 0 rings (SSSR count). The molecule has 0 aromatic heterocycles. The number of rotatable bonds is 3. The number of carboxylic acid groups (broad SMARTS) is 2. The Labute approximate surface area is 63.7 Å². The molecule has 0 aliphatic carbocycles. The van der Waals surface area contributed by atoms with Crippen LogP contribution in [-0.4, -0.2) is 44.1 Å². The molecule has 0 saturated heterocycles. The van der Waals surface area contributed by atoms with Crippen molar-refractivity contribution in [2.75, 3.05) is 0 Å². The molecule has 0 bridgehead atoms. The van der Waals surface area contributed by atoms with E-state index in [1.807, 2.05) is 0 Å². The van der Waals surface area contributed by atoms with Crippen LogP contribution in [0.1, 0.15) is 0 Å². The number of hydrogen-bond acceptors (Lipinski definition) is 4. The van der Waals surface area contributed by atoms with Gasteiger partial charge in [-0.05, 0) is 0 Å². The quantitative estimate of drug-likeness (QED) is 0.397. The lowest BCUT2D eigenvalue weighted by Gasteiger charge is -2.22. The highest BCUT2D eigenvalue weighted by Crippen LogP contribution is 2.26. The van der Waals surface area contributed by atoms with Crippen molar-refractivity contribution in [3.8, 4) is 0 Å². The van der Waals surface area contributed by atoms with Crippen molar-refractivity contribution in [3.63, 3.8) is 0 Å². The second kappa shape index (κ2) is 2.64. The number of carbonyl (C=O) groups is 2. The Balaban J connectivity index is 5.01. The summed E-state index contributed by atoms with van der Waals surface area (Å²) in [4.78, 5) is 19.4. The van der Waals surface area contributed by atoms with Crippen LogP contribution in [0.4, 0.5) is 8.78 Å². The Morgan fingerprint density at radius 2 is 1.33 bits per heavy atom. The second-order valence-electron chi connectivity index (χ2n) is 1.86. The molecule has 0 atom stereocenters. The molecule has 0 radical (unpaired) electrons. The molecule has 0 aromatic rings. The fourth-order valence-electron chi connectivity index (χ4n) is 0.283. The van der Waals surface area contributed by atoms with Gasteiger partial charge in [-0.25, -0.2) is 9.59 Å². The maximum Gasteiger partial charge on any atom is 0.406 e. The van der Waals surface area contributed by atoms with Crippen LogP contribution in [0.15, 0.2) is 0 Å². The van der Waals surface area contributed by atoms with Crippen molar-refractivity contribution in [2.45, 2.75) is 11.7 Å². The molecule has 0 aromatic carbocycles. The molecule has 0 aliphatic rings. The fraction of sp³-hybridized carbons (Fsp3) is 0.500. The predicted octanol–water partition coefficient (Wildman–Crippen LogP) is -1.53. The average Bonchev–Trinajstić information content (AvgIpc) is 1.86. The summed E-state index contributed by atoms with van der Waals surface area (Å²) >= 11 is 0. The third-order valence-corrected chi connectivity index (χ3v) is 1.00. The third kappa shape index (κ3) is 1.34. The lowest BCUT2D eigenvalue weighted by atomic mass is 10.1. The summed E-state index contributed by atoms with van der Waals surface area (Å²) in [7, 11) is 0. The van der Waals surface area contributed by atoms with E-state index in [1.54, 1.807) is 0 Å². The first kappa shape index (κ1) is 10.7. The van der Waals surface area contributed by atoms with Crippen molar-refractivity contribution in [1.29, 1.82) is 0 Å². The molecule has 0 amide bonds. The molecular weight excluding hydrogens is 182 g/mol. The lowest BCUT2D eigenvalue weighted by molar-refractivity contribution is -0.284. The topological polar surface area (TPSA) is 115 Å². The number of alkyl halides is 2. The highest BCUT2D eigenvalue weighted by Gasteiger charge is 2.64. The normalized spacial score (nSPS) is 12.7. The maximum atomic E-state index is 12.1. The van der Waals surface area contributed by atoms with Gasteiger partial charge in [-0.1, -0.05) is 0 Å². The van der Waals surface area contributed by atoms with Gasteiger partial charge < -0.3 is 20.4 Å². The summed E-state index contributed by atoms with van der Waals surface area (Å²) < 4.78 is 24.2. The number of carboxylic acids is 2. The highest BCUT2D eigenvalue weighted by atomic mass is 19.3. The summed E-state index contributed by atoms with van der Waals surface area (Å²) in [6.45, 7) is 0. The van der Waals surface area contributed by atoms with Gasteiger partial charge in [-0.2, -0.15) is 8.78 Å². The van der Waals surface area contributed by atoms with Crippen LogP contribution in [0.5, 0.6) is 0 Å². The number of hydrogen-bond donors (Lipinski definition) is 4. The van der Waals surface area contributed by atoms with Crippen molar-refractivity contribution >= 4 is 11.9 Å². The van der Waals surface area contributed by atoms with E-state index in [0.717, 1.165) is 0 Å². The van der Waals surface area contributed by atoms with Crippen LogP contribution in [0.3, 0.4) is 0 Å². The molecule has 0 spiro atoms.